The molecule has 0 saturated carbocycles. The van der Waals surface area contributed by atoms with Gasteiger partial charge in [-0.3, -0.25) is 4.98 Å². The third-order valence-electron chi connectivity index (χ3n) is 3.44. The van der Waals surface area contributed by atoms with Crippen molar-refractivity contribution in [2.75, 3.05) is 18.5 Å². The Hall–Kier alpha value is -1.16. The van der Waals surface area contributed by atoms with Crippen molar-refractivity contribution in [1.29, 1.82) is 0 Å². The van der Waals surface area contributed by atoms with Crippen molar-refractivity contribution in [3.63, 3.8) is 0 Å². The van der Waals surface area contributed by atoms with Gasteiger partial charge in [0.15, 0.2) is 0 Å². The monoisotopic (exact) mass is 250 g/mol. The zero-order valence-electron chi connectivity index (χ0n) is 12.5. The van der Waals surface area contributed by atoms with Crippen LogP contribution >= 0.6 is 0 Å². The van der Waals surface area contributed by atoms with Crippen LogP contribution in [0.1, 0.15) is 40.3 Å². The molecule has 0 fully saturated rings. The van der Waals surface area contributed by atoms with E-state index in [1.165, 1.54) is 0 Å². The molecular weight excluding hydrogens is 224 g/mol. The molecule has 1 N–H and O–H groups in total. The Bertz CT molecular complexity index is 353. The zero-order valence-corrected chi connectivity index (χ0v) is 12.5. The smallest absolute Gasteiger partial charge is 0.147 e. The van der Waals surface area contributed by atoms with Crippen molar-refractivity contribution in [2.45, 2.75) is 47.2 Å². The van der Waals surface area contributed by atoms with Crippen LogP contribution in [0.4, 0.5) is 5.82 Å². The third kappa shape index (κ3) is 3.95. The average Bonchev–Trinajstić information content (AvgIpc) is 2.34. The predicted octanol–water partition coefficient (Wildman–Crippen LogP) is 2.46. The van der Waals surface area contributed by atoms with Crippen LogP contribution in [0.15, 0.2) is 12.4 Å². The number of hydrogen-bond donors (Lipinski definition) is 1. The maximum absolute atomic E-state index is 4.49. The Labute approximate surface area is 111 Å². The minimum atomic E-state index is 0.221. The summed E-state index contributed by atoms with van der Waals surface area (Å²) >= 11 is 0. The summed E-state index contributed by atoms with van der Waals surface area (Å²) < 4.78 is 0. The van der Waals surface area contributed by atoms with Gasteiger partial charge in [0.2, 0.25) is 0 Å². The molecule has 0 radical (unpaired) electrons. The lowest BCUT2D eigenvalue weighted by molar-refractivity contribution is 0.328. The molecule has 4 heteroatoms. The summed E-state index contributed by atoms with van der Waals surface area (Å²) in [6.45, 7) is 12.7. The van der Waals surface area contributed by atoms with Crippen molar-refractivity contribution >= 4 is 5.82 Å². The fourth-order valence-corrected chi connectivity index (χ4v) is 1.65. The Kier molecular flexibility index (Phi) is 5.08. The van der Waals surface area contributed by atoms with Gasteiger partial charge in [0.1, 0.15) is 5.82 Å². The molecule has 0 aliphatic carbocycles. The molecule has 0 aliphatic heterocycles. The summed E-state index contributed by atoms with van der Waals surface area (Å²) in [7, 11) is 2.07. The molecule has 102 valence electrons. The lowest BCUT2D eigenvalue weighted by atomic mass is 9.87. The first kappa shape index (κ1) is 14.9. The summed E-state index contributed by atoms with van der Waals surface area (Å²) in [6, 6.07) is 0.409. The van der Waals surface area contributed by atoms with Crippen LogP contribution in [0.25, 0.3) is 0 Å². The minimum Gasteiger partial charge on any atom is -0.355 e. The quantitative estimate of drug-likeness (QED) is 0.871. The predicted molar refractivity (Wildman–Crippen MR) is 76.7 cm³/mol. The second-order valence-corrected chi connectivity index (χ2v) is 5.80. The molecule has 1 aromatic rings. The van der Waals surface area contributed by atoms with Gasteiger partial charge >= 0.3 is 0 Å². The highest BCUT2D eigenvalue weighted by molar-refractivity contribution is 5.36. The fourth-order valence-electron chi connectivity index (χ4n) is 1.65. The molecule has 0 aromatic carbocycles. The third-order valence-corrected chi connectivity index (χ3v) is 3.44. The Morgan fingerprint density at radius 1 is 1.28 bits per heavy atom. The molecule has 4 nitrogen and oxygen atoms in total. The van der Waals surface area contributed by atoms with Gasteiger partial charge in [-0.2, -0.15) is 0 Å². The Morgan fingerprint density at radius 2 is 1.94 bits per heavy atom. The Morgan fingerprint density at radius 3 is 2.39 bits per heavy atom. The highest BCUT2D eigenvalue weighted by atomic mass is 15.2. The first-order valence-corrected chi connectivity index (χ1v) is 6.60. The van der Waals surface area contributed by atoms with Crippen molar-refractivity contribution < 1.29 is 0 Å². The van der Waals surface area contributed by atoms with E-state index in [2.05, 4.69) is 61.9 Å². The van der Waals surface area contributed by atoms with E-state index in [1.54, 1.807) is 0 Å². The molecule has 1 heterocycles. The van der Waals surface area contributed by atoms with Crippen LogP contribution in [0.3, 0.4) is 0 Å². The fraction of sp³-hybridized carbons (Fsp3) is 0.714. The summed E-state index contributed by atoms with van der Waals surface area (Å²) in [5, 5.41) is 3.24. The van der Waals surface area contributed by atoms with Gasteiger partial charge in [0.25, 0.3) is 0 Å². The molecular formula is C14H26N4. The molecule has 18 heavy (non-hydrogen) atoms. The lowest BCUT2D eigenvalue weighted by Crippen LogP contribution is -2.39. The van der Waals surface area contributed by atoms with Gasteiger partial charge in [0, 0.05) is 19.6 Å². The van der Waals surface area contributed by atoms with Crippen molar-refractivity contribution in [3.05, 3.63) is 18.1 Å². The van der Waals surface area contributed by atoms with E-state index >= 15 is 0 Å². The van der Waals surface area contributed by atoms with E-state index in [0.717, 1.165) is 24.6 Å². The SMILES string of the molecule is CCNCc1cnc(N(C)C(C)C(C)(C)C)cn1. The summed E-state index contributed by atoms with van der Waals surface area (Å²) in [5.41, 5.74) is 1.20. The second-order valence-electron chi connectivity index (χ2n) is 5.80. The summed E-state index contributed by atoms with van der Waals surface area (Å²) in [4.78, 5) is 11.1. The van der Waals surface area contributed by atoms with Gasteiger partial charge in [-0.05, 0) is 18.9 Å². The highest BCUT2D eigenvalue weighted by Crippen LogP contribution is 2.25. The molecule has 1 aromatic heterocycles. The van der Waals surface area contributed by atoms with E-state index in [-0.39, 0.29) is 5.41 Å². The maximum atomic E-state index is 4.49. The number of nitrogens with one attached hydrogen (secondary N) is 1. The van der Waals surface area contributed by atoms with E-state index in [0.29, 0.717) is 6.04 Å². The molecule has 0 spiro atoms. The molecule has 1 atom stereocenters. The number of aromatic nitrogens is 2. The van der Waals surface area contributed by atoms with Gasteiger partial charge in [-0.1, -0.05) is 27.7 Å². The maximum Gasteiger partial charge on any atom is 0.147 e. The van der Waals surface area contributed by atoms with Crippen molar-refractivity contribution in [2.24, 2.45) is 5.41 Å². The minimum absolute atomic E-state index is 0.221. The van der Waals surface area contributed by atoms with Crippen LogP contribution in [0.2, 0.25) is 0 Å². The number of anilines is 1. The second kappa shape index (κ2) is 6.14. The van der Waals surface area contributed by atoms with Gasteiger partial charge < -0.3 is 10.2 Å². The molecule has 0 amide bonds. The zero-order chi connectivity index (χ0) is 13.8. The normalized spacial score (nSPS) is 13.4. The van der Waals surface area contributed by atoms with Crippen LogP contribution in [0, 0.1) is 5.41 Å². The van der Waals surface area contributed by atoms with Crippen LogP contribution < -0.4 is 10.2 Å². The summed E-state index contributed by atoms with van der Waals surface area (Å²) in [5.74, 6) is 0.928. The van der Waals surface area contributed by atoms with Crippen molar-refractivity contribution in [3.8, 4) is 0 Å². The highest BCUT2D eigenvalue weighted by Gasteiger charge is 2.24. The number of rotatable bonds is 5. The van der Waals surface area contributed by atoms with Crippen molar-refractivity contribution in [1.82, 2.24) is 15.3 Å². The molecule has 1 rings (SSSR count). The first-order chi connectivity index (χ1) is 8.36. The Balaban J connectivity index is 2.72. The molecule has 0 aliphatic rings. The van der Waals surface area contributed by atoms with E-state index in [1.807, 2.05) is 12.4 Å². The van der Waals surface area contributed by atoms with Crippen LogP contribution in [-0.4, -0.2) is 29.6 Å². The standard InChI is InChI=1S/C14H26N4/c1-7-15-8-12-9-17-13(10-16-12)18(6)11(2)14(3,4)5/h9-11,15H,7-8H2,1-6H3. The molecule has 0 saturated heterocycles. The van der Waals surface area contributed by atoms with E-state index in [9.17, 15) is 0 Å². The van der Waals surface area contributed by atoms with Gasteiger partial charge in [-0.25, -0.2) is 4.98 Å². The largest absolute Gasteiger partial charge is 0.355 e. The molecule has 1 unspecified atom stereocenters. The number of hydrogen-bond acceptors (Lipinski definition) is 4. The topological polar surface area (TPSA) is 41.1 Å². The lowest BCUT2D eigenvalue weighted by Gasteiger charge is -2.35. The van der Waals surface area contributed by atoms with Gasteiger partial charge in [-0.15, -0.1) is 0 Å². The first-order valence-electron chi connectivity index (χ1n) is 6.60. The van der Waals surface area contributed by atoms with Crippen LogP contribution in [0.5, 0.6) is 0 Å². The average molecular weight is 250 g/mol. The summed E-state index contributed by atoms with van der Waals surface area (Å²) in [6.07, 6.45) is 3.71. The van der Waals surface area contributed by atoms with E-state index < -0.39 is 0 Å². The van der Waals surface area contributed by atoms with Crippen LogP contribution in [-0.2, 0) is 6.54 Å². The van der Waals surface area contributed by atoms with E-state index in [4.69, 9.17) is 0 Å². The molecule has 0 bridgehead atoms. The van der Waals surface area contributed by atoms with Gasteiger partial charge in [0.05, 0.1) is 18.1 Å². The number of nitrogens with zero attached hydrogens (tertiary/aromatic N) is 3.